The summed E-state index contributed by atoms with van der Waals surface area (Å²) in [7, 11) is 0. The van der Waals surface area contributed by atoms with Gasteiger partial charge < -0.3 is 0 Å². The molecule has 0 atom stereocenters. The van der Waals surface area contributed by atoms with Crippen LogP contribution in [0.1, 0.15) is 11.4 Å². The lowest BCUT2D eigenvalue weighted by atomic mass is 10.3. The largest absolute Gasteiger partial charge is 0.453 e. The van der Waals surface area contributed by atoms with E-state index in [4.69, 9.17) is 0 Å². The standard InChI is InChI=1S/C8H5BrF3N3/c1-4-2-5(9)3-15-6(4)13-7(14-15)8(10,11)12/h2-3H,1H3. The molecular formula is C8H5BrF3N3. The molecule has 15 heavy (non-hydrogen) atoms. The van der Waals surface area contributed by atoms with Gasteiger partial charge in [-0.25, -0.2) is 9.50 Å². The van der Waals surface area contributed by atoms with Gasteiger partial charge in [-0.3, -0.25) is 0 Å². The van der Waals surface area contributed by atoms with Gasteiger partial charge in [0.25, 0.3) is 5.82 Å². The summed E-state index contributed by atoms with van der Waals surface area (Å²) in [5.41, 5.74) is 0.845. The fraction of sp³-hybridized carbons (Fsp3) is 0.250. The molecule has 0 amide bonds. The molecule has 0 spiro atoms. The Morgan fingerprint density at radius 1 is 1.40 bits per heavy atom. The maximum atomic E-state index is 12.3. The second-order valence-corrected chi connectivity index (χ2v) is 3.96. The summed E-state index contributed by atoms with van der Waals surface area (Å²) in [6, 6.07) is 1.68. The number of hydrogen-bond donors (Lipinski definition) is 0. The number of aromatic nitrogens is 3. The molecule has 80 valence electrons. The molecule has 2 rings (SSSR count). The van der Waals surface area contributed by atoms with Crippen LogP contribution in [0.15, 0.2) is 16.7 Å². The first-order valence-electron chi connectivity index (χ1n) is 3.97. The zero-order valence-electron chi connectivity index (χ0n) is 7.51. The third-order valence-corrected chi connectivity index (χ3v) is 2.27. The topological polar surface area (TPSA) is 30.2 Å². The predicted molar refractivity (Wildman–Crippen MR) is 50.4 cm³/mol. The van der Waals surface area contributed by atoms with Crippen LogP contribution < -0.4 is 0 Å². The van der Waals surface area contributed by atoms with Crippen LogP contribution in [0.5, 0.6) is 0 Å². The first kappa shape index (κ1) is 10.4. The van der Waals surface area contributed by atoms with Gasteiger partial charge in [-0.05, 0) is 34.5 Å². The van der Waals surface area contributed by atoms with E-state index in [1.54, 1.807) is 13.0 Å². The van der Waals surface area contributed by atoms with Crippen LogP contribution >= 0.6 is 15.9 Å². The average molecular weight is 280 g/mol. The minimum atomic E-state index is -4.51. The Balaban J connectivity index is 2.71. The van der Waals surface area contributed by atoms with E-state index in [1.807, 2.05) is 0 Å². The van der Waals surface area contributed by atoms with Crippen LogP contribution in [0, 0.1) is 6.92 Å². The van der Waals surface area contributed by atoms with Gasteiger partial charge in [-0.1, -0.05) is 0 Å². The Labute approximate surface area is 91.1 Å². The molecule has 2 aromatic heterocycles. The molecule has 0 N–H and O–H groups in total. The highest BCUT2D eigenvalue weighted by molar-refractivity contribution is 9.10. The summed E-state index contributed by atoms with van der Waals surface area (Å²) in [4.78, 5) is 3.43. The van der Waals surface area contributed by atoms with Crippen molar-refractivity contribution in [3.63, 3.8) is 0 Å². The summed E-state index contributed by atoms with van der Waals surface area (Å²) in [6.07, 6.45) is -3.07. The number of alkyl halides is 3. The van der Waals surface area contributed by atoms with Gasteiger partial charge in [0, 0.05) is 10.7 Å². The smallest absolute Gasteiger partial charge is 0.219 e. The Kier molecular flexibility index (Phi) is 2.22. The molecule has 2 aromatic rings. The van der Waals surface area contributed by atoms with Crippen LogP contribution in [-0.2, 0) is 6.18 Å². The van der Waals surface area contributed by atoms with Crippen LogP contribution in [-0.4, -0.2) is 14.6 Å². The van der Waals surface area contributed by atoms with Gasteiger partial charge in [0.2, 0.25) is 0 Å². The van der Waals surface area contributed by atoms with Crippen LogP contribution in [0.2, 0.25) is 0 Å². The quantitative estimate of drug-likeness (QED) is 0.742. The van der Waals surface area contributed by atoms with E-state index in [2.05, 4.69) is 26.0 Å². The lowest BCUT2D eigenvalue weighted by Crippen LogP contribution is -2.07. The molecule has 0 aliphatic carbocycles. The summed E-state index contributed by atoms with van der Waals surface area (Å²) < 4.78 is 38.7. The first-order valence-corrected chi connectivity index (χ1v) is 4.77. The second-order valence-electron chi connectivity index (χ2n) is 3.04. The lowest BCUT2D eigenvalue weighted by Gasteiger charge is -1.96. The highest BCUT2D eigenvalue weighted by atomic mass is 79.9. The van der Waals surface area contributed by atoms with Crippen molar-refractivity contribution < 1.29 is 13.2 Å². The number of hydrogen-bond acceptors (Lipinski definition) is 2. The number of halogens is 4. The fourth-order valence-electron chi connectivity index (χ4n) is 1.23. The third kappa shape index (κ3) is 1.83. The first-order chi connectivity index (χ1) is 6.88. The van der Waals surface area contributed by atoms with Crippen molar-refractivity contribution in [1.29, 1.82) is 0 Å². The number of pyridine rings is 1. The van der Waals surface area contributed by atoms with E-state index in [1.165, 1.54) is 6.20 Å². The maximum absolute atomic E-state index is 12.3. The number of rotatable bonds is 0. The summed E-state index contributed by atoms with van der Waals surface area (Å²) >= 11 is 3.17. The monoisotopic (exact) mass is 279 g/mol. The Hall–Kier alpha value is -1.11. The molecule has 0 fully saturated rings. The third-order valence-electron chi connectivity index (χ3n) is 1.84. The molecule has 2 heterocycles. The van der Waals surface area contributed by atoms with Crippen molar-refractivity contribution in [2.24, 2.45) is 0 Å². The molecule has 0 aliphatic heterocycles. The molecule has 0 bridgehead atoms. The molecule has 0 unspecified atom stereocenters. The van der Waals surface area contributed by atoms with E-state index in [0.29, 0.717) is 10.0 Å². The van der Waals surface area contributed by atoms with E-state index < -0.39 is 12.0 Å². The Bertz CT molecular complexity index is 518. The molecule has 0 aromatic carbocycles. The Morgan fingerprint density at radius 2 is 2.07 bits per heavy atom. The van der Waals surface area contributed by atoms with Gasteiger partial charge in [0.1, 0.15) is 0 Å². The van der Waals surface area contributed by atoms with Crippen molar-refractivity contribution in [2.45, 2.75) is 13.1 Å². The van der Waals surface area contributed by atoms with Crippen molar-refractivity contribution in [1.82, 2.24) is 14.6 Å². The van der Waals surface area contributed by atoms with Gasteiger partial charge in [-0.15, -0.1) is 5.10 Å². The average Bonchev–Trinajstić information content (AvgIpc) is 2.46. The van der Waals surface area contributed by atoms with E-state index in [-0.39, 0.29) is 5.65 Å². The van der Waals surface area contributed by atoms with Crippen molar-refractivity contribution in [3.05, 3.63) is 28.1 Å². The Morgan fingerprint density at radius 3 is 2.67 bits per heavy atom. The lowest BCUT2D eigenvalue weighted by molar-refractivity contribution is -0.144. The van der Waals surface area contributed by atoms with Crippen LogP contribution in [0.25, 0.3) is 5.65 Å². The molecule has 0 aliphatic rings. The predicted octanol–water partition coefficient (Wildman–Crippen LogP) is 2.82. The van der Waals surface area contributed by atoms with Gasteiger partial charge in [-0.2, -0.15) is 13.2 Å². The molecule has 0 saturated carbocycles. The molecule has 0 saturated heterocycles. The van der Waals surface area contributed by atoms with E-state index in [9.17, 15) is 13.2 Å². The van der Waals surface area contributed by atoms with Gasteiger partial charge in [0.15, 0.2) is 5.65 Å². The van der Waals surface area contributed by atoms with Crippen molar-refractivity contribution >= 4 is 21.6 Å². The van der Waals surface area contributed by atoms with Crippen LogP contribution in [0.3, 0.4) is 0 Å². The zero-order chi connectivity index (χ0) is 11.2. The molecule has 3 nitrogen and oxygen atoms in total. The minimum Gasteiger partial charge on any atom is -0.219 e. The second kappa shape index (κ2) is 3.19. The normalized spacial score (nSPS) is 12.3. The number of nitrogens with zero attached hydrogens (tertiary/aromatic N) is 3. The molecule has 7 heteroatoms. The van der Waals surface area contributed by atoms with Gasteiger partial charge in [0.05, 0.1) is 0 Å². The zero-order valence-corrected chi connectivity index (χ0v) is 9.09. The highest BCUT2D eigenvalue weighted by Crippen LogP contribution is 2.27. The minimum absolute atomic E-state index is 0.213. The fourth-order valence-corrected chi connectivity index (χ4v) is 1.77. The van der Waals surface area contributed by atoms with E-state index in [0.717, 1.165) is 4.52 Å². The molecular weight excluding hydrogens is 275 g/mol. The van der Waals surface area contributed by atoms with E-state index >= 15 is 0 Å². The summed E-state index contributed by atoms with van der Waals surface area (Å²) in [5, 5.41) is 3.36. The van der Waals surface area contributed by atoms with Crippen molar-refractivity contribution in [3.8, 4) is 0 Å². The summed E-state index contributed by atoms with van der Waals surface area (Å²) in [6.45, 7) is 1.68. The summed E-state index contributed by atoms with van der Waals surface area (Å²) in [5.74, 6) is -1.12. The van der Waals surface area contributed by atoms with Gasteiger partial charge >= 0.3 is 6.18 Å². The highest BCUT2D eigenvalue weighted by Gasteiger charge is 2.36. The number of aryl methyl sites for hydroxylation is 1. The SMILES string of the molecule is Cc1cc(Br)cn2nc(C(F)(F)F)nc12. The number of fused-ring (bicyclic) bond motifs is 1. The van der Waals surface area contributed by atoms with Crippen LogP contribution in [0.4, 0.5) is 13.2 Å². The maximum Gasteiger partial charge on any atom is 0.453 e. The van der Waals surface area contributed by atoms with Crippen molar-refractivity contribution in [2.75, 3.05) is 0 Å². The molecule has 0 radical (unpaired) electrons.